The Balaban J connectivity index is 2.68. The van der Waals surface area contributed by atoms with E-state index in [1.807, 2.05) is 13.0 Å². The van der Waals surface area contributed by atoms with E-state index in [0.29, 0.717) is 18.7 Å². The second-order valence-electron chi connectivity index (χ2n) is 4.85. The molecule has 1 rings (SSSR count). The summed E-state index contributed by atoms with van der Waals surface area (Å²) in [7, 11) is 0. The third kappa shape index (κ3) is 5.19. The summed E-state index contributed by atoms with van der Waals surface area (Å²) in [6.07, 6.45) is 7.46. The molecule has 0 aliphatic carbocycles. The van der Waals surface area contributed by atoms with Crippen LogP contribution in [0.5, 0.6) is 0 Å². The highest BCUT2D eigenvalue weighted by Crippen LogP contribution is 2.22. The van der Waals surface area contributed by atoms with Crippen LogP contribution in [0.4, 0.5) is 10.5 Å². The molecule has 0 fully saturated rings. The van der Waals surface area contributed by atoms with Crippen molar-refractivity contribution in [1.29, 1.82) is 0 Å². The predicted octanol–water partition coefficient (Wildman–Crippen LogP) is 2.93. The molecule has 3 N–H and O–H groups in total. The predicted molar refractivity (Wildman–Crippen MR) is 82.6 cm³/mol. The Morgan fingerprint density at radius 3 is 2.62 bits per heavy atom. The first-order valence-electron chi connectivity index (χ1n) is 6.78. The lowest BCUT2D eigenvalue weighted by Crippen LogP contribution is -2.30. The first kappa shape index (κ1) is 16.6. The number of urea groups is 1. The van der Waals surface area contributed by atoms with Gasteiger partial charge in [-0.2, -0.15) is 0 Å². The molecule has 0 unspecified atom stereocenters. The van der Waals surface area contributed by atoms with E-state index in [-0.39, 0.29) is 5.56 Å². The Hall–Kier alpha value is -2.48. The summed E-state index contributed by atoms with van der Waals surface area (Å²) in [6.45, 7) is 4.08. The van der Waals surface area contributed by atoms with Crippen LogP contribution < -0.4 is 10.6 Å². The molecular weight excluding hydrogens is 268 g/mol. The number of hydrogen-bond donors (Lipinski definition) is 3. The lowest BCUT2D eigenvalue weighted by atomic mass is 10.0. The number of aryl methyl sites for hydroxylation is 2. The van der Waals surface area contributed by atoms with Crippen LogP contribution in [-0.2, 0) is 0 Å². The van der Waals surface area contributed by atoms with Gasteiger partial charge in [0.25, 0.3) is 0 Å². The summed E-state index contributed by atoms with van der Waals surface area (Å²) in [5.41, 5.74) is 1.98. The molecule has 0 spiro atoms. The minimum absolute atomic E-state index is 0.0926. The van der Waals surface area contributed by atoms with Crippen LogP contribution in [0.1, 0.15) is 40.7 Å². The minimum atomic E-state index is -1.06. The van der Waals surface area contributed by atoms with E-state index in [1.54, 1.807) is 6.92 Å². The van der Waals surface area contributed by atoms with Crippen molar-refractivity contribution in [3.8, 4) is 12.3 Å². The summed E-state index contributed by atoms with van der Waals surface area (Å²) in [4.78, 5) is 23.1. The number of amides is 2. The van der Waals surface area contributed by atoms with Gasteiger partial charge in [-0.3, -0.25) is 0 Å². The van der Waals surface area contributed by atoms with Crippen LogP contribution in [0, 0.1) is 26.2 Å². The van der Waals surface area contributed by atoms with E-state index in [2.05, 4.69) is 16.6 Å². The molecule has 0 saturated carbocycles. The van der Waals surface area contributed by atoms with Crippen LogP contribution in [0.15, 0.2) is 12.1 Å². The van der Waals surface area contributed by atoms with Crippen LogP contribution in [0.25, 0.3) is 0 Å². The number of aromatic carboxylic acids is 1. The molecular formula is C16H20N2O3. The molecule has 0 bridgehead atoms. The Labute approximate surface area is 124 Å². The largest absolute Gasteiger partial charge is 0.478 e. The molecule has 2 amide bonds. The van der Waals surface area contributed by atoms with Crippen molar-refractivity contribution in [2.24, 2.45) is 0 Å². The van der Waals surface area contributed by atoms with Crippen molar-refractivity contribution in [2.45, 2.75) is 33.1 Å². The van der Waals surface area contributed by atoms with Crippen LogP contribution in [-0.4, -0.2) is 23.7 Å². The number of terminal acetylenes is 1. The van der Waals surface area contributed by atoms with Crippen molar-refractivity contribution in [3.63, 3.8) is 0 Å². The van der Waals surface area contributed by atoms with Crippen molar-refractivity contribution in [3.05, 3.63) is 28.8 Å². The van der Waals surface area contributed by atoms with E-state index in [1.165, 1.54) is 6.07 Å². The van der Waals surface area contributed by atoms with Crippen LogP contribution in [0.2, 0.25) is 0 Å². The van der Waals surface area contributed by atoms with Crippen molar-refractivity contribution < 1.29 is 14.7 Å². The maximum absolute atomic E-state index is 11.8. The van der Waals surface area contributed by atoms with E-state index in [4.69, 9.17) is 6.42 Å². The highest BCUT2D eigenvalue weighted by atomic mass is 16.4. The average Bonchev–Trinajstić information content (AvgIpc) is 2.41. The lowest BCUT2D eigenvalue weighted by Gasteiger charge is -2.13. The van der Waals surface area contributed by atoms with Gasteiger partial charge in [-0.25, -0.2) is 9.59 Å². The Morgan fingerprint density at radius 1 is 1.29 bits per heavy atom. The molecule has 0 heterocycles. The van der Waals surface area contributed by atoms with Crippen LogP contribution in [0.3, 0.4) is 0 Å². The Bertz CT molecular complexity index is 574. The number of rotatable bonds is 6. The quantitative estimate of drug-likeness (QED) is 0.556. The minimum Gasteiger partial charge on any atom is -0.478 e. The maximum Gasteiger partial charge on any atom is 0.337 e. The Kier molecular flexibility index (Phi) is 6.28. The number of anilines is 1. The number of carboxylic acids is 1. The van der Waals surface area contributed by atoms with Crippen molar-refractivity contribution >= 4 is 17.7 Å². The summed E-state index contributed by atoms with van der Waals surface area (Å²) >= 11 is 0. The summed E-state index contributed by atoms with van der Waals surface area (Å²) < 4.78 is 0. The maximum atomic E-state index is 11.8. The fourth-order valence-electron chi connectivity index (χ4n) is 2.01. The molecule has 112 valence electrons. The zero-order valence-electron chi connectivity index (χ0n) is 12.3. The van der Waals surface area contributed by atoms with Gasteiger partial charge >= 0.3 is 12.0 Å². The lowest BCUT2D eigenvalue weighted by molar-refractivity contribution is 0.0698. The van der Waals surface area contributed by atoms with Gasteiger partial charge in [0.2, 0.25) is 0 Å². The first-order chi connectivity index (χ1) is 9.95. The van der Waals surface area contributed by atoms with Crippen molar-refractivity contribution in [2.75, 3.05) is 11.9 Å². The zero-order valence-corrected chi connectivity index (χ0v) is 12.3. The fraction of sp³-hybridized carbons (Fsp3) is 0.375. The molecule has 1 aromatic rings. The SMILES string of the molecule is C#CCCCCNC(=O)Nc1c(C)cc(C)cc1C(=O)O. The number of carboxylic acid groups (broad SMARTS) is 1. The monoisotopic (exact) mass is 288 g/mol. The molecule has 0 saturated heterocycles. The number of carbonyl (C=O) groups is 2. The second-order valence-corrected chi connectivity index (χ2v) is 4.85. The number of benzene rings is 1. The number of nitrogens with one attached hydrogen (secondary N) is 2. The zero-order chi connectivity index (χ0) is 15.8. The molecule has 1 aromatic carbocycles. The van der Waals surface area contributed by atoms with Gasteiger partial charge in [0.1, 0.15) is 0 Å². The van der Waals surface area contributed by atoms with Gasteiger partial charge in [0.05, 0.1) is 11.3 Å². The highest BCUT2D eigenvalue weighted by molar-refractivity contribution is 6.01. The smallest absolute Gasteiger partial charge is 0.337 e. The number of unbranched alkanes of at least 4 members (excludes halogenated alkanes) is 2. The van der Waals surface area contributed by atoms with Gasteiger partial charge in [-0.1, -0.05) is 6.07 Å². The second kappa shape index (κ2) is 7.95. The number of carbonyl (C=O) groups excluding carboxylic acids is 1. The molecule has 0 aliphatic rings. The summed E-state index contributed by atoms with van der Waals surface area (Å²) in [5.74, 6) is 1.47. The van der Waals surface area contributed by atoms with Gasteiger partial charge in [0, 0.05) is 13.0 Å². The van der Waals surface area contributed by atoms with Gasteiger partial charge in [-0.15, -0.1) is 12.3 Å². The molecule has 0 radical (unpaired) electrons. The van der Waals surface area contributed by atoms with Crippen molar-refractivity contribution in [1.82, 2.24) is 5.32 Å². The van der Waals surface area contributed by atoms with E-state index in [0.717, 1.165) is 24.0 Å². The summed E-state index contributed by atoms with van der Waals surface area (Å²) in [6, 6.07) is 2.96. The molecule has 0 aromatic heterocycles. The van der Waals surface area contributed by atoms with Crippen LogP contribution >= 0.6 is 0 Å². The average molecular weight is 288 g/mol. The topological polar surface area (TPSA) is 78.4 Å². The van der Waals surface area contributed by atoms with Gasteiger partial charge < -0.3 is 15.7 Å². The first-order valence-corrected chi connectivity index (χ1v) is 6.78. The van der Waals surface area contributed by atoms with Gasteiger partial charge in [-0.05, 0) is 43.9 Å². The molecule has 21 heavy (non-hydrogen) atoms. The van der Waals surface area contributed by atoms with Gasteiger partial charge in [0.15, 0.2) is 0 Å². The standard InChI is InChI=1S/C16H20N2O3/c1-4-5-6-7-8-17-16(21)18-14-12(3)9-11(2)10-13(14)15(19)20/h1,9-10H,5-8H2,2-3H3,(H,19,20)(H2,17,18,21). The Morgan fingerprint density at radius 2 is 2.00 bits per heavy atom. The summed E-state index contributed by atoms with van der Waals surface area (Å²) in [5, 5.41) is 14.5. The third-order valence-corrected chi connectivity index (χ3v) is 2.98. The number of hydrogen-bond acceptors (Lipinski definition) is 2. The van der Waals surface area contributed by atoms with E-state index >= 15 is 0 Å². The molecule has 5 nitrogen and oxygen atoms in total. The van der Waals surface area contributed by atoms with E-state index < -0.39 is 12.0 Å². The molecule has 0 atom stereocenters. The normalized spacial score (nSPS) is 9.76. The fourth-order valence-corrected chi connectivity index (χ4v) is 2.01. The molecule has 0 aliphatic heterocycles. The molecule has 5 heteroatoms. The van der Waals surface area contributed by atoms with E-state index in [9.17, 15) is 14.7 Å². The third-order valence-electron chi connectivity index (χ3n) is 2.98. The highest BCUT2D eigenvalue weighted by Gasteiger charge is 2.15.